The Morgan fingerprint density at radius 1 is 1.28 bits per heavy atom. The van der Waals surface area contributed by atoms with Gasteiger partial charge >= 0.3 is 0 Å². The highest BCUT2D eigenvalue weighted by molar-refractivity contribution is 8.15. The number of imide groups is 1. The molecule has 1 saturated heterocycles. The van der Waals surface area contributed by atoms with Crippen LogP contribution in [-0.2, 0) is 9.59 Å². The van der Waals surface area contributed by atoms with Crippen LogP contribution in [0.5, 0.6) is 5.75 Å². The number of amides is 3. The molecule has 0 radical (unpaired) electrons. The average Bonchev–Trinajstić information content (AvgIpc) is 2.92. The molecular formula is C19H17N3O6S. The summed E-state index contributed by atoms with van der Waals surface area (Å²) in [5, 5.41) is 21.6. The summed E-state index contributed by atoms with van der Waals surface area (Å²) in [5.41, 5.74) is 1.88. The summed E-state index contributed by atoms with van der Waals surface area (Å²) in [6, 6.07) is 8.55. The highest BCUT2D eigenvalue weighted by Gasteiger charge is 2.42. The summed E-state index contributed by atoms with van der Waals surface area (Å²) < 4.78 is 0. The first kappa shape index (κ1) is 20.3. The Balaban J connectivity index is 1.72. The Morgan fingerprint density at radius 2 is 2.00 bits per heavy atom. The lowest BCUT2D eigenvalue weighted by Gasteiger charge is -2.17. The summed E-state index contributed by atoms with van der Waals surface area (Å²) in [4.78, 5) is 48.5. The quantitative estimate of drug-likeness (QED) is 0.434. The third-order valence-electron chi connectivity index (χ3n) is 4.58. The number of nitrogens with zero attached hydrogens (tertiary/aromatic N) is 2. The molecule has 0 saturated carbocycles. The lowest BCUT2D eigenvalue weighted by molar-refractivity contribution is -0.384. The molecule has 0 aliphatic carbocycles. The zero-order valence-corrected chi connectivity index (χ0v) is 16.4. The first-order valence-corrected chi connectivity index (χ1v) is 9.45. The van der Waals surface area contributed by atoms with Gasteiger partial charge in [-0.15, -0.1) is 0 Å². The van der Waals surface area contributed by atoms with Gasteiger partial charge in [-0.1, -0.05) is 12.1 Å². The van der Waals surface area contributed by atoms with Crippen molar-refractivity contribution < 1.29 is 24.4 Å². The molecular weight excluding hydrogens is 398 g/mol. The number of aryl methyl sites for hydroxylation is 1. The molecule has 3 amide bonds. The summed E-state index contributed by atoms with van der Waals surface area (Å²) in [5.74, 6) is -1.56. The molecule has 1 aliphatic rings. The van der Waals surface area contributed by atoms with Crippen molar-refractivity contribution in [2.24, 2.45) is 0 Å². The number of carbonyl (C=O) groups excluding carboxylic acids is 3. The second-order valence-electron chi connectivity index (χ2n) is 6.48. The number of hydrogen-bond donors (Lipinski definition) is 2. The first-order chi connectivity index (χ1) is 13.7. The number of nitro groups is 1. The van der Waals surface area contributed by atoms with E-state index in [1.165, 1.54) is 6.07 Å². The lowest BCUT2D eigenvalue weighted by atomic mass is 10.1. The van der Waals surface area contributed by atoms with Crippen LogP contribution in [0.2, 0.25) is 0 Å². The van der Waals surface area contributed by atoms with Crippen LogP contribution < -0.4 is 10.2 Å². The molecule has 10 heteroatoms. The summed E-state index contributed by atoms with van der Waals surface area (Å²) >= 11 is 0.765. The normalized spacial score (nSPS) is 16.2. The predicted octanol–water partition coefficient (Wildman–Crippen LogP) is 3.51. The Bertz CT molecular complexity index is 1040. The monoisotopic (exact) mass is 415 g/mol. The first-order valence-electron chi connectivity index (χ1n) is 8.57. The van der Waals surface area contributed by atoms with E-state index < -0.39 is 33.0 Å². The van der Waals surface area contributed by atoms with Gasteiger partial charge < -0.3 is 10.4 Å². The molecule has 2 aromatic carbocycles. The van der Waals surface area contributed by atoms with Crippen LogP contribution in [0.15, 0.2) is 36.4 Å². The minimum atomic E-state index is -0.900. The van der Waals surface area contributed by atoms with Crippen molar-refractivity contribution in [2.75, 3.05) is 10.2 Å². The van der Waals surface area contributed by atoms with Crippen molar-refractivity contribution in [1.82, 2.24) is 0 Å². The molecule has 0 spiro atoms. The number of phenolic OH excluding ortho intramolecular Hbond substituents is 1. The minimum Gasteiger partial charge on any atom is -0.506 e. The number of non-ortho nitro benzene ring substituents is 1. The molecule has 29 heavy (non-hydrogen) atoms. The molecule has 3 rings (SSSR count). The lowest BCUT2D eigenvalue weighted by Crippen LogP contribution is -2.33. The van der Waals surface area contributed by atoms with Crippen molar-refractivity contribution >= 4 is 45.9 Å². The maximum atomic E-state index is 12.7. The Kier molecular flexibility index (Phi) is 5.55. The van der Waals surface area contributed by atoms with Gasteiger partial charge in [0.25, 0.3) is 10.9 Å². The van der Waals surface area contributed by atoms with Gasteiger partial charge in [0.1, 0.15) is 11.0 Å². The Morgan fingerprint density at radius 3 is 2.66 bits per heavy atom. The molecule has 1 unspecified atom stereocenters. The van der Waals surface area contributed by atoms with E-state index in [-0.39, 0.29) is 17.8 Å². The third kappa shape index (κ3) is 4.06. The Hall–Kier alpha value is -3.40. The van der Waals surface area contributed by atoms with Gasteiger partial charge in [-0.2, -0.15) is 0 Å². The highest BCUT2D eigenvalue weighted by atomic mass is 32.2. The van der Waals surface area contributed by atoms with Gasteiger partial charge in [0, 0.05) is 12.5 Å². The molecule has 2 N–H and O–H groups in total. The number of anilines is 2. The zero-order valence-electron chi connectivity index (χ0n) is 15.5. The second kappa shape index (κ2) is 7.92. The summed E-state index contributed by atoms with van der Waals surface area (Å²) in [6.07, 6.45) is -0.285. The Labute approximate surface area is 169 Å². The second-order valence-corrected chi connectivity index (χ2v) is 7.63. The molecule has 1 atom stereocenters. The van der Waals surface area contributed by atoms with Gasteiger partial charge in [-0.3, -0.25) is 24.5 Å². The predicted molar refractivity (Wildman–Crippen MR) is 108 cm³/mol. The van der Waals surface area contributed by atoms with Crippen molar-refractivity contribution in [1.29, 1.82) is 0 Å². The number of nitrogens with one attached hydrogen (secondary N) is 1. The number of carbonyl (C=O) groups is 3. The molecule has 1 aliphatic heterocycles. The van der Waals surface area contributed by atoms with Gasteiger partial charge in [0.15, 0.2) is 0 Å². The molecule has 2 aromatic rings. The van der Waals surface area contributed by atoms with Crippen LogP contribution in [0.3, 0.4) is 0 Å². The number of aromatic hydroxyl groups is 1. The molecule has 0 aromatic heterocycles. The number of nitro benzene ring substituents is 1. The van der Waals surface area contributed by atoms with Gasteiger partial charge in [-0.05, 0) is 48.9 Å². The average molecular weight is 415 g/mol. The van der Waals surface area contributed by atoms with Crippen LogP contribution in [0.4, 0.5) is 21.9 Å². The fourth-order valence-corrected chi connectivity index (χ4v) is 3.87. The fraction of sp³-hybridized carbons (Fsp3) is 0.211. The number of thioether (sulfide) groups is 1. The van der Waals surface area contributed by atoms with E-state index in [0.29, 0.717) is 5.69 Å². The van der Waals surface area contributed by atoms with Crippen molar-refractivity contribution in [2.45, 2.75) is 25.5 Å². The smallest absolute Gasteiger partial charge is 0.293 e. The SMILES string of the molecule is Cc1cccc(N2C(=O)SC(CC(=O)Nc3ccc([N+](=O)[O-])cc3O)C2=O)c1C. The largest absolute Gasteiger partial charge is 0.506 e. The molecule has 0 bridgehead atoms. The van der Waals surface area contributed by atoms with E-state index in [4.69, 9.17) is 0 Å². The topological polar surface area (TPSA) is 130 Å². The van der Waals surface area contributed by atoms with E-state index in [0.717, 1.165) is 39.9 Å². The highest BCUT2D eigenvalue weighted by Crippen LogP contribution is 2.36. The van der Waals surface area contributed by atoms with Gasteiger partial charge in [0.05, 0.1) is 22.4 Å². The van der Waals surface area contributed by atoms with Crippen molar-refractivity contribution in [3.05, 3.63) is 57.6 Å². The van der Waals surface area contributed by atoms with E-state index >= 15 is 0 Å². The molecule has 9 nitrogen and oxygen atoms in total. The van der Waals surface area contributed by atoms with Crippen LogP contribution in [0.1, 0.15) is 17.5 Å². The van der Waals surface area contributed by atoms with Crippen LogP contribution in [-0.4, -0.2) is 32.3 Å². The maximum absolute atomic E-state index is 12.7. The number of phenols is 1. The zero-order chi connectivity index (χ0) is 21.3. The van der Waals surface area contributed by atoms with E-state index in [2.05, 4.69) is 5.32 Å². The molecule has 1 heterocycles. The van der Waals surface area contributed by atoms with Crippen LogP contribution in [0.25, 0.3) is 0 Å². The van der Waals surface area contributed by atoms with Crippen molar-refractivity contribution in [3.63, 3.8) is 0 Å². The van der Waals surface area contributed by atoms with Gasteiger partial charge in [0.2, 0.25) is 11.8 Å². The van der Waals surface area contributed by atoms with E-state index in [9.17, 15) is 29.6 Å². The van der Waals surface area contributed by atoms with Crippen LogP contribution in [0, 0.1) is 24.0 Å². The molecule has 150 valence electrons. The maximum Gasteiger partial charge on any atom is 0.293 e. The number of hydrogen-bond acceptors (Lipinski definition) is 7. The van der Waals surface area contributed by atoms with E-state index in [1.807, 2.05) is 19.9 Å². The summed E-state index contributed by atoms with van der Waals surface area (Å²) in [7, 11) is 0. The fourth-order valence-electron chi connectivity index (χ4n) is 2.89. The summed E-state index contributed by atoms with van der Waals surface area (Å²) in [6.45, 7) is 3.69. The minimum absolute atomic E-state index is 0.0197. The van der Waals surface area contributed by atoms with E-state index in [1.54, 1.807) is 12.1 Å². The standard InChI is InChI=1S/C19H17N3O6S/c1-10-4-3-5-14(11(10)2)21-18(25)16(29-19(21)26)9-17(24)20-13-7-6-12(22(27)28)8-15(13)23/h3-8,16,23H,9H2,1-2H3,(H,20,24). The number of rotatable bonds is 5. The van der Waals surface area contributed by atoms with Gasteiger partial charge in [-0.25, -0.2) is 4.90 Å². The van der Waals surface area contributed by atoms with Crippen LogP contribution >= 0.6 is 11.8 Å². The third-order valence-corrected chi connectivity index (χ3v) is 5.61. The van der Waals surface area contributed by atoms with Crippen molar-refractivity contribution in [3.8, 4) is 5.75 Å². The molecule has 1 fully saturated rings. The number of benzene rings is 2.